The lowest BCUT2D eigenvalue weighted by Gasteiger charge is -2.34. The van der Waals surface area contributed by atoms with Gasteiger partial charge in [0.25, 0.3) is 0 Å². The molecule has 0 unspecified atom stereocenters. The lowest BCUT2D eigenvalue weighted by molar-refractivity contribution is -0.113. The van der Waals surface area contributed by atoms with Crippen LogP contribution in [-0.2, 0) is 14.8 Å². The highest BCUT2D eigenvalue weighted by Gasteiger charge is 2.31. The molecule has 1 aromatic rings. The molecular formula is C16H24N2O3S2. The summed E-state index contributed by atoms with van der Waals surface area (Å²) in [5.74, 6) is 1.04. The summed E-state index contributed by atoms with van der Waals surface area (Å²) in [5, 5.41) is 2.75. The summed E-state index contributed by atoms with van der Waals surface area (Å²) in [4.78, 5) is 11.8. The van der Waals surface area contributed by atoms with Gasteiger partial charge in [-0.05, 0) is 48.8 Å². The molecule has 7 heteroatoms. The Bertz CT molecular complexity index is 634. The monoisotopic (exact) mass is 356 g/mol. The number of nitrogens with zero attached hydrogens (tertiary/aromatic N) is 1. The number of anilines is 1. The highest BCUT2D eigenvalue weighted by molar-refractivity contribution is 7.99. The van der Waals surface area contributed by atoms with E-state index in [1.165, 1.54) is 11.8 Å². The summed E-state index contributed by atoms with van der Waals surface area (Å²) in [6, 6.07) is 6.41. The van der Waals surface area contributed by atoms with Gasteiger partial charge in [-0.2, -0.15) is 16.1 Å². The van der Waals surface area contributed by atoms with Gasteiger partial charge in [0.1, 0.15) is 0 Å². The minimum Gasteiger partial charge on any atom is -0.325 e. The summed E-state index contributed by atoms with van der Waals surface area (Å²) < 4.78 is 27.1. The largest absolute Gasteiger partial charge is 0.325 e. The van der Waals surface area contributed by atoms with Gasteiger partial charge in [-0.25, -0.2) is 8.42 Å². The second kappa shape index (κ2) is 7.68. The zero-order chi connectivity index (χ0) is 17.0. The van der Waals surface area contributed by atoms with Crippen molar-refractivity contribution in [1.82, 2.24) is 4.31 Å². The molecule has 23 heavy (non-hydrogen) atoms. The molecule has 128 valence electrons. The van der Waals surface area contributed by atoms with Crippen LogP contribution in [-0.4, -0.2) is 43.7 Å². The third-order valence-electron chi connectivity index (χ3n) is 3.89. The zero-order valence-electron chi connectivity index (χ0n) is 13.8. The molecule has 0 saturated carbocycles. The van der Waals surface area contributed by atoms with Crippen LogP contribution < -0.4 is 5.32 Å². The van der Waals surface area contributed by atoms with Crippen LogP contribution in [0.15, 0.2) is 29.2 Å². The number of thioether (sulfide) groups is 1. The van der Waals surface area contributed by atoms with Gasteiger partial charge in [0.05, 0.1) is 10.6 Å². The maximum absolute atomic E-state index is 12.7. The number of piperidine rings is 1. The predicted octanol–water partition coefficient (Wildman–Crippen LogP) is 2.65. The van der Waals surface area contributed by atoms with Crippen molar-refractivity contribution in [2.45, 2.75) is 25.2 Å². The van der Waals surface area contributed by atoms with Gasteiger partial charge in [0.15, 0.2) is 0 Å². The van der Waals surface area contributed by atoms with Crippen LogP contribution in [0.2, 0.25) is 0 Å². The number of amides is 1. The maximum Gasteiger partial charge on any atom is 0.243 e. The van der Waals surface area contributed by atoms with E-state index in [1.54, 1.807) is 28.6 Å². The highest BCUT2D eigenvalue weighted by atomic mass is 32.2. The number of carbonyl (C=O) groups excluding carboxylic acids is 1. The van der Waals surface area contributed by atoms with Crippen LogP contribution in [0.3, 0.4) is 0 Å². The average Bonchev–Trinajstić information content (AvgIpc) is 2.47. The first-order valence-electron chi connectivity index (χ1n) is 7.72. The fraction of sp³-hybridized carbons (Fsp3) is 0.562. The molecule has 1 aromatic carbocycles. The molecule has 0 aliphatic carbocycles. The van der Waals surface area contributed by atoms with Gasteiger partial charge in [0.2, 0.25) is 15.9 Å². The lowest BCUT2D eigenvalue weighted by Crippen LogP contribution is -2.42. The molecule has 1 aliphatic rings. The topological polar surface area (TPSA) is 66.5 Å². The normalized spacial score (nSPS) is 22.7. The van der Waals surface area contributed by atoms with Gasteiger partial charge < -0.3 is 5.32 Å². The van der Waals surface area contributed by atoms with Crippen LogP contribution in [0.1, 0.15) is 20.3 Å². The Balaban J connectivity index is 2.12. The number of nitrogens with one attached hydrogen (secondary N) is 1. The van der Waals surface area contributed by atoms with Crippen molar-refractivity contribution in [2.75, 3.05) is 30.4 Å². The summed E-state index contributed by atoms with van der Waals surface area (Å²) in [6.07, 6.45) is 2.92. The van der Waals surface area contributed by atoms with Crippen molar-refractivity contribution in [3.63, 3.8) is 0 Å². The van der Waals surface area contributed by atoms with E-state index in [4.69, 9.17) is 0 Å². The number of carbonyl (C=O) groups is 1. The van der Waals surface area contributed by atoms with Crippen molar-refractivity contribution in [3.8, 4) is 0 Å². The predicted molar refractivity (Wildman–Crippen MR) is 95.2 cm³/mol. The number of hydrogen-bond acceptors (Lipinski definition) is 4. The molecular weight excluding hydrogens is 332 g/mol. The molecule has 5 nitrogen and oxygen atoms in total. The van der Waals surface area contributed by atoms with Crippen LogP contribution in [0.25, 0.3) is 0 Å². The first kappa shape index (κ1) is 18.3. The molecule has 0 spiro atoms. The van der Waals surface area contributed by atoms with Crippen molar-refractivity contribution in [2.24, 2.45) is 11.8 Å². The van der Waals surface area contributed by atoms with Crippen molar-refractivity contribution in [3.05, 3.63) is 24.3 Å². The first-order chi connectivity index (χ1) is 10.8. The molecule has 0 bridgehead atoms. The van der Waals surface area contributed by atoms with Gasteiger partial charge >= 0.3 is 0 Å². The first-order valence-corrected chi connectivity index (χ1v) is 10.6. The van der Waals surface area contributed by atoms with Crippen LogP contribution in [0.5, 0.6) is 0 Å². The summed E-state index contributed by atoms with van der Waals surface area (Å²) in [6.45, 7) is 5.31. The van der Waals surface area contributed by atoms with Crippen molar-refractivity contribution in [1.29, 1.82) is 0 Å². The minimum atomic E-state index is -3.47. The lowest BCUT2D eigenvalue weighted by atomic mass is 9.94. The van der Waals surface area contributed by atoms with E-state index in [9.17, 15) is 13.2 Å². The SMILES string of the molecule is CSCC(=O)Nc1ccc(S(=O)(=O)N2C[C@H](C)C[C@H](C)C2)cc1. The Kier molecular flexibility index (Phi) is 6.11. The highest BCUT2D eigenvalue weighted by Crippen LogP contribution is 2.27. The van der Waals surface area contributed by atoms with Gasteiger partial charge in [-0.3, -0.25) is 4.79 Å². The molecule has 1 aliphatic heterocycles. The number of benzene rings is 1. The third-order valence-corrected chi connectivity index (χ3v) is 6.28. The van der Waals surface area contributed by atoms with E-state index in [0.29, 0.717) is 36.4 Å². The maximum atomic E-state index is 12.7. The molecule has 2 atom stereocenters. The second-order valence-electron chi connectivity index (χ2n) is 6.27. The van der Waals surface area contributed by atoms with Crippen molar-refractivity contribution >= 4 is 33.4 Å². The van der Waals surface area contributed by atoms with E-state index in [1.807, 2.05) is 6.26 Å². The van der Waals surface area contributed by atoms with E-state index >= 15 is 0 Å². The molecule has 1 saturated heterocycles. The smallest absolute Gasteiger partial charge is 0.243 e. The number of sulfonamides is 1. The van der Waals surface area contributed by atoms with Gasteiger partial charge in [-0.15, -0.1) is 0 Å². The second-order valence-corrected chi connectivity index (χ2v) is 9.08. The zero-order valence-corrected chi connectivity index (χ0v) is 15.4. The summed E-state index contributed by atoms with van der Waals surface area (Å²) >= 11 is 1.44. The van der Waals surface area contributed by atoms with Crippen LogP contribution >= 0.6 is 11.8 Å². The van der Waals surface area contributed by atoms with Crippen LogP contribution in [0, 0.1) is 11.8 Å². The van der Waals surface area contributed by atoms with E-state index in [0.717, 1.165) is 6.42 Å². The van der Waals surface area contributed by atoms with Gasteiger partial charge in [-0.1, -0.05) is 13.8 Å². The molecule has 0 radical (unpaired) electrons. The molecule has 2 rings (SSSR count). The summed E-state index contributed by atoms with van der Waals surface area (Å²) in [5.41, 5.74) is 0.614. The van der Waals surface area contributed by atoms with Crippen LogP contribution in [0.4, 0.5) is 5.69 Å². The van der Waals surface area contributed by atoms with E-state index in [-0.39, 0.29) is 10.8 Å². The van der Waals surface area contributed by atoms with Gasteiger partial charge in [0, 0.05) is 18.8 Å². The Morgan fingerprint density at radius 2 is 1.78 bits per heavy atom. The Morgan fingerprint density at radius 3 is 2.30 bits per heavy atom. The fourth-order valence-electron chi connectivity index (χ4n) is 2.99. The molecule has 1 fully saturated rings. The number of hydrogen-bond donors (Lipinski definition) is 1. The third kappa shape index (κ3) is 4.71. The molecule has 1 amide bonds. The fourth-order valence-corrected chi connectivity index (χ4v) is 5.00. The molecule has 0 aromatic heterocycles. The Labute approximate surface area is 142 Å². The molecule has 1 heterocycles. The van der Waals surface area contributed by atoms with E-state index < -0.39 is 10.0 Å². The Morgan fingerprint density at radius 1 is 1.22 bits per heavy atom. The summed E-state index contributed by atoms with van der Waals surface area (Å²) in [7, 11) is -3.47. The Hall–Kier alpha value is -1.05. The quantitative estimate of drug-likeness (QED) is 0.881. The van der Waals surface area contributed by atoms with E-state index in [2.05, 4.69) is 19.2 Å². The number of rotatable bonds is 5. The van der Waals surface area contributed by atoms with Crippen molar-refractivity contribution < 1.29 is 13.2 Å². The standard InChI is InChI=1S/C16H24N2O3S2/c1-12-8-13(2)10-18(9-12)23(20,21)15-6-4-14(5-7-15)17-16(19)11-22-3/h4-7,12-13H,8-11H2,1-3H3,(H,17,19)/t12-,13+. The minimum absolute atomic E-state index is 0.0909. The molecule has 1 N–H and O–H groups in total. The average molecular weight is 357 g/mol.